The highest BCUT2D eigenvalue weighted by Crippen LogP contribution is 2.03. The van der Waals surface area contributed by atoms with Crippen molar-refractivity contribution in [3.05, 3.63) is 35.4 Å². The first kappa shape index (κ1) is 9.56. The van der Waals surface area contributed by atoms with Crippen molar-refractivity contribution in [3.63, 3.8) is 0 Å². The maximum Gasteiger partial charge on any atom is 0.0713 e. The van der Waals surface area contributed by atoms with Gasteiger partial charge in [0.15, 0.2) is 0 Å². The van der Waals surface area contributed by atoms with Crippen LogP contribution in [0.1, 0.15) is 11.1 Å². The Morgan fingerprint density at radius 3 is 2.92 bits per heavy atom. The molecule has 1 rings (SSSR count). The van der Waals surface area contributed by atoms with E-state index in [1.807, 2.05) is 0 Å². The second-order valence-corrected chi connectivity index (χ2v) is 3.14. The number of alkyl halides is 1. The van der Waals surface area contributed by atoms with Crippen molar-refractivity contribution in [1.29, 1.82) is 0 Å². The number of aryl methyl sites for hydroxylation is 1. The minimum absolute atomic E-state index is 0.534. The number of nitrogens with one attached hydrogen (secondary N) is 1. The minimum Gasteiger partial charge on any atom is -0.304 e. The molecule has 0 atom stereocenters. The monoisotopic (exact) mass is 183 g/mol. The van der Waals surface area contributed by atoms with Crippen LogP contribution in [0.15, 0.2) is 24.3 Å². The number of hydrogen-bond acceptors (Lipinski definition) is 1. The molecule has 66 valence electrons. The van der Waals surface area contributed by atoms with Gasteiger partial charge in [0.05, 0.1) is 6.00 Å². The van der Waals surface area contributed by atoms with Crippen LogP contribution in [-0.2, 0) is 6.42 Å². The Kier molecular flexibility index (Phi) is 4.12. The molecule has 0 aliphatic heterocycles. The summed E-state index contributed by atoms with van der Waals surface area (Å²) in [5, 5.41) is 3.08. The van der Waals surface area contributed by atoms with Crippen LogP contribution in [0.4, 0.5) is 0 Å². The molecule has 0 radical (unpaired) electrons. The highest BCUT2D eigenvalue weighted by molar-refractivity contribution is 6.17. The van der Waals surface area contributed by atoms with E-state index in [9.17, 15) is 0 Å². The van der Waals surface area contributed by atoms with Gasteiger partial charge in [0.1, 0.15) is 0 Å². The molecule has 0 saturated carbocycles. The molecule has 2 heteroatoms. The molecule has 0 spiro atoms. The summed E-state index contributed by atoms with van der Waals surface area (Å²) in [6.07, 6.45) is 1.05. The standard InChI is InChI=1S/C10H14ClN/c1-9-3-2-4-10(7-9)5-6-12-8-11/h2-4,7,12H,5-6,8H2,1H3. The lowest BCUT2D eigenvalue weighted by molar-refractivity contribution is 0.770. The Morgan fingerprint density at radius 1 is 1.42 bits per heavy atom. The molecule has 1 N–H and O–H groups in total. The highest BCUT2D eigenvalue weighted by atomic mass is 35.5. The fraction of sp³-hybridized carbons (Fsp3) is 0.400. The summed E-state index contributed by atoms with van der Waals surface area (Å²) in [5.74, 6) is 0. The zero-order valence-corrected chi connectivity index (χ0v) is 8.06. The number of rotatable bonds is 4. The summed E-state index contributed by atoms with van der Waals surface area (Å²) in [6, 6.07) is 9.08. The normalized spacial score (nSPS) is 10.2. The summed E-state index contributed by atoms with van der Waals surface area (Å²) in [6.45, 7) is 3.06. The third-order valence-electron chi connectivity index (χ3n) is 1.77. The van der Waals surface area contributed by atoms with E-state index >= 15 is 0 Å². The zero-order valence-electron chi connectivity index (χ0n) is 7.31. The Balaban J connectivity index is 2.41. The van der Waals surface area contributed by atoms with Crippen molar-refractivity contribution >= 4 is 11.6 Å². The number of benzene rings is 1. The molecule has 0 bridgehead atoms. The molecule has 0 fully saturated rings. The van der Waals surface area contributed by atoms with E-state index < -0.39 is 0 Å². The minimum atomic E-state index is 0.534. The van der Waals surface area contributed by atoms with Crippen molar-refractivity contribution in [1.82, 2.24) is 5.32 Å². The second-order valence-electron chi connectivity index (χ2n) is 2.87. The Morgan fingerprint density at radius 2 is 2.25 bits per heavy atom. The molecule has 0 aliphatic carbocycles. The average molecular weight is 184 g/mol. The molecule has 0 aromatic heterocycles. The molecular formula is C10H14ClN. The summed E-state index contributed by atoms with van der Waals surface area (Å²) in [4.78, 5) is 0. The van der Waals surface area contributed by atoms with Gasteiger partial charge in [-0.15, -0.1) is 11.6 Å². The third-order valence-corrected chi connectivity index (χ3v) is 1.96. The Hall–Kier alpha value is -0.530. The summed E-state index contributed by atoms with van der Waals surface area (Å²) >= 11 is 5.49. The van der Waals surface area contributed by atoms with E-state index in [0.29, 0.717) is 6.00 Å². The molecule has 0 aliphatic rings. The van der Waals surface area contributed by atoms with Gasteiger partial charge in [-0.25, -0.2) is 0 Å². The van der Waals surface area contributed by atoms with Gasteiger partial charge < -0.3 is 5.32 Å². The fourth-order valence-corrected chi connectivity index (χ4v) is 1.30. The van der Waals surface area contributed by atoms with Crippen LogP contribution in [0, 0.1) is 6.92 Å². The zero-order chi connectivity index (χ0) is 8.81. The van der Waals surface area contributed by atoms with E-state index in [0.717, 1.165) is 13.0 Å². The van der Waals surface area contributed by atoms with E-state index in [1.54, 1.807) is 0 Å². The topological polar surface area (TPSA) is 12.0 Å². The van der Waals surface area contributed by atoms with Crippen LogP contribution >= 0.6 is 11.6 Å². The molecular weight excluding hydrogens is 170 g/mol. The van der Waals surface area contributed by atoms with Gasteiger partial charge in [-0.1, -0.05) is 29.8 Å². The molecule has 12 heavy (non-hydrogen) atoms. The van der Waals surface area contributed by atoms with Crippen LogP contribution in [0.2, 0.25) is 0 Å². The average Bonchev–Trinajstić information content (AvgIpc) is 2.05. The van der Waals surface area contributed by atoms with E-state index in [-0.39, 0.29) is 0 Å². The van der Waals surface area contributed by atoms with Crippen molar-refractivity contribution < 1.29 is 0 Å². The molecule has 0 amide bonds. The fourth-order valence-electron chi connectivity index (χ4n) is 1.17. The lowest BCUT2D eigenvalue weighted by atomic mass is 10.1. The van der Waals surface area contributed by atoms with Crippen molar-refractivity contribution in [2.75, 3.05) is 12.5 Å². The van der Waals surface area contributed by atoms with E-state index in [4.69, 9.17) is 11.6 Å². The maximum absolute atomic E-state index is 5.49. The largest absolute Gasteiger partial charge is 0.304 e. The smallest absolute Gasteiger partial charge is 0.0713 e. The number of hydrogen-bond donors (Lipinski definition) is 1. The summed E-state index contributed by atoms with van der Waals surface area (Å²) in [7, 11) is 0. The van der Waals surface area contributed by atoms with Crippen LogP contribution in [0.5, 0.6) is 0 Å². The second kappa shape index (κ2) is 5.18. The van der Waals surface area contributed by atoms with Crippen molar-refractivity contribution in [2.45, 2.75) is 13.3 Å². The molecule has 0 unspecified atom stereocenters. The lowest BCUT2D eigenvalue weighted by Crippen LogP contribution is -2.14. The maximum atomic E-state index is 5.49. The molecule has 1 nitrogen and oxygen atoms in total. The van der Waals surface area contributed by atoms with Gasteiger partial charge in [0.25, 0.3) is 0 Å². The predicted octanol–water partition coefficient (Wildman–Crippen LogP) is 2.32. The molecule has 1 aromatic carbocycles. The van der Waals surface area contributed by atoms with Gasteiger partial charge >= 0.3 is 0 Å². The van der Waals surface area contributed by atoms with Crippen molar-refractivity contribution in [2.24, 2.45) is 0 Å². The SMILES string of the molecule is Cc1cccc(CCNCCl)c1. The van der Waals surface area contributed by atoms with Crippen LogP contribution in [-0.4, -0.2) is 12.5 Å². The van der Waals surface area contributed by atoms with Gasteiger partial charge in [-0.2, -0.15) is 0 Å². The Labute approximate surface area is 78.7 Å². The Bertz CT molecular complexity index is 235. The molecule has 0 heterocycles. The van der Waals surface area contributed by atoms with Gasteiger partial charge in [-0.3, -0.25) is 0 Å². The van der Waals surface area contributed by atoms with Crippen LogP contribution in [0.25, 0.3) is 0 Å². The predicted molar refractivity (Wildman–Crippen MR) is 53.6 cm³/mol. The third kappa shape index (κ3) is 3.24. The highest BCUT2D eigenvalue weighted by Gasteiger charge is 1.91. The van der Waals surface area contributed by atoms with Crippen LogP contribution in [0.3, 0.4) is 0 Å². The first-order valence-electron chi connectivity index (χ1n) is 4.15. The first-order chi connectivity index (χ1) is 5.83. The van der Waals surface area contributed by atoms with E-state index in [2.05, 4.69) is 36.5 Å². The molecule has 1 aromatic rings. The molecule has 0 saturated heterocycles. The van der Waals surface area contributed by atoms with Gasteiger partial charge in [-0.05, 0) is 18.9 Å². The first-order valence-corrected chi connectivity index (χ1v) is 4.68. The summed E-state index contributed by atoms with van der Waals surface area (Å²) < 4.78 is 0. The van der Waals surface area contributed by atoms with Gasteiger partial charge in [0.2, 0.25) is 0 Å². The van der Waals surface area contributed by atoms with E-state index in [1.165, 1.54) is 11.1 Å². The lowest BCUT2D eigenvalue weighted by Gasteiger charge is -2.01. The summed E-state index contributed by atoms with van der Waals surface area (Å²) in [5.41, 5.74) is 2.69. The number of halogens is 1. The van der Waals surface area contributed by atoms with Crippen LogP contribution < -0.4 is 5.32 Å². The van der Waals surface area contributed by atoms with Crippen molar-refractivity contribution in [3.8, 4) is 0 Å². The quantitative estimate of drug-likeness (QED) is 0.429. The van der Waals surface area contributed by atoms with Gasteiger partial charge in [0, 0.05) is 6.54 Å².